The highest BCUT2D eigenvalue weighted by Gasteiger charge is 2.10. The van der Waals surface area contributed by atoms with Crippen LogP contribution in [0.2, 0.25) is 0 Å². The summed E-state index contributed by atoms with van der Waals surface area (Å²) in [6, 6.07) is 5.66. The van der Waals surface area contributed by atoms with Gasteiger partial charge in [0.05, 0.1) is 11.0 Å². The first-order chi connectivity index (χ1) is 8.22. The molecule has 0 spiro atoms. The van der Waals surface area contributed by atoms with Gasteiger partial charge in [-0.1, -0.05) is 6.92 Å². The van der Waals surface area contributed by atoms with Gasteiger partial charge in [0.1, 0.15) is 0 Å². The molecule has 0 saturated heterocycles. The largest absolute Gasteiger partial charge is 0.315 e. The molecule has 1 amide bonds. The van der Waals surface area contributed by atoms with E-state index in [0.717, 1.165) is 23.1 Å². The Bertz CT molecular complexity index is 539. The maximum atomic E-state index is 11.8. The molecule has 1 aromatic carbocycles. The van der Waals surface area contributed by atoms with Crippen LogP contribution in [0.1, 0.15) is 19.8 Å². The van der Waals surface area contributed by atoms with Gasteiger partial charge >= 0.3 is 0 Å². The fraction of sp³-hybridized carbons (Fsp3) is 0.308. The molecule has 4 heteroatoms. The van der Waals surface area contributed by atoms with Gasteiger partial charge in [0.2, 0.25) is 5.91 Å². The third-order valence-corrected chi connectivity index (χ3v) is 2.68. The van der Waals surface area contributed by atoms with Crippen LogP contribution in [0, 0.1) is 0 Å². The van der Waals surface area contributed by atoms with Crippen LogP contribution in [0.15, 0.2) is 30.6 Å². The first kappa shape index (κ1) is 11.5. The number of aromatic nitrogens is 2. The fourth-order valence-corrected chi connectivity index (χ4v) is 1.69. The molecular formula is C13H15N3O. The zero-order chi connectivity index (χ0) is 12.3. The van der Waals surface area contributed by atoms with Crippen molar-refractivity contribution in [2.45, 2.75) is 19.8 Å². The Kier molecular flexibility index (Phi) is 3.32. The molecule has 1 aromatic heterocycles. The van der Waals surface area contributed by atoms with Crippen molar-refractivity contribution in [1.82, 2.24) is 9.97 Å². The summed E-state index contributed by atoms with van der Waals surface area (Å²) in [6.07, 6.45) is 4.74. The minimum absolute atomic E-state index is 0.121. The molecule has 0 aliphatic rings. The van der Waals surface area contributed by atoms with Gasteiger partial charge in [-0.05, 0) is 24.6 Å². The minimum atomic E-state index is 0.121. The SMILES string of the molecule is CCCC(=O)N(C)c1ccc2nccnc2c1. The van der Waals surface area contributed by atoms with E-state index in [-0.39, 0.29) is 5.91 Å². The van der Waals surface area contributed by atoms with Gasteiger partial charge in [0.15, 0.2) is 0 Å². The lowest BCUT2D eigenvalue weighted by Gasteiger charge is -2.17. The zero-order valence-electron chi connectivity index (χ0n) is 10.1. The van der Waals surface area contributed by atoms with E-state index >= 15 is 0 Å². The number of carbonyl (C=O) groups excluding carboxylic acids is 1. The van der Waals surface area contributed by atoms with E-state index in [9.17, 15) is 4.79 Å². The number of hydrogen-bond acceptors (Lipinski definition) is 3. The van der Waals surface area contributed by atoms with Crippen LogP contribution in [0.4, 0.5) is 5.69 Å². The van der Waals surface area contributed by atoms with E-state index in [2.05, 4.69) is 9.97 Å². The van der Waals surface area contributed by atoms with Crippen molar-refractivity contribution in [2.24, 2.45) is 0 Å². The molecule has 0 bridgehead atoms. The highest BCUT2D eigenvalue weighted by atomic mass is 16.2. The number of carbonyl (C=O) groups is 1. The molecule has 0 unspecified atom stereocenters. The molecule has 1 heterocycles. The predicted octanol–water partition coefficient (Wildman–Crippen LogP) is 2.39. The van der Waals surface area contributed by atoms with Crippen LogP contribution < -0.4 is 4.90 Å². The Morgan fingerprint density at radius 3 is 2.65 bits per heavy atom. The number of rotatable bonds is 3. The number of anilines is 1. The lowest BCUT2D eigenvalue weighted by atomic mass is 10.2. The summed E-state index contributed by atoms with van der Waals surface area (Å²) < 4.78 is 0. The number of hydrogen-bond donors (Lipinski definition) is 0. The van der Waals surface area contributed by atoms with Crippen molar-refractivity contribution in [3.8, 4) is 0 Å². The summed E-state index contributed by atoms with van der Waals surface area (Å²) in [5.41, 5.74) is 2.50. The normalized spacial score (nSPS) is 10.5. The predicted molar refractivity (Wildman–Crippen MR) is 67.9 cm³/mol. The highest BCUT2D eigenvalue weighted by Crippen LogP contribution is 2.19. The number of amides is 1. The highest BCUT2D eigenvalue weighted by molar-refractivity contribution is 5.94. The van der Waals surface area contributed by atoms with Gasteiger partial charge in [0.25, 0.3) is 0 Å². The molecule has 4 nitrogen and oxygen atoms in total. The van der Waals surface area contributed by atoms with Crippen molar-refractivity contribution < 1.29 is 4.79 Å². The summed E-state index contributed by atoms with van der Waals surface area (Å²) in [7, 11) is 1.79. The van der Waals surface area contributed by atoms with Crippen LogP contribution in [0.3, 0.4) is 0 Å². The number of benzene rings is 1. The fourth-order valence-electron chi connectivity index (χ4n) is 1.69. The Balaban J connectivity index is 2.32. The van der Waals surface area contributed by atoms with Gasteiger partial charge in [-0.2, -0.15) is 0 Å². The minimum Gasteiger partial charge on any atom is -0.315 e. The monoisotopic (exact) mass is 229 g/mol. The molecule has 17 heavy (non-hydrogen) atoms. The maximum Gasteiger partial charge on any atom is 0.226 e. The third kappa shape index (κ3) is 2.41. The molecule has 0 aliphatic heterocycles. The van der Waals surface area contributed by atoms with E-state index in [1.165, 1.54) is 0 Å². The van der Waals surface area contributed by atoms with Crippen LogP contribution >= 0.6 is 0 Å². The van der Waals surface area contributed by atoms with Gasteiger partial charge in [0, 0.05) is 31.5 Å². The van der Waals surface area contributed by atoms with Crippen LogP contribution in [-0.2, 0) is 4.79 Å². The van der Waals surface area contributed by atoms with E-state index in [1.54, 1.807) is 24.3 Å². The van der Waals surface area contributed by atoms with Crippen molar-refractivity contribution >= 4 is 22.6 Å². The first-order valence-electron chi connectivity index (χ1n) is 5.69. The Hall–Kier alpha value is -1.97. The average molecular weight is 229 g/mol. The zero-order valence-corrected chi connectivity index (χ0v) is 10.1. The van der Waals surface area contributed by atoms with Crippen LogP contribution in [-0.4, -0.2) is 22.9 Å². The second kappa shape index (κ2) is 4.91. The lowest BCUT2D eigenvalue weighted by molar-refractivity contribution is -0.118. The maximum absolute atomic E-state index is 11.8. The number of fused-ring (bicyclic) bond motifs is 1. The molecule has 0 N–H and O–H groups in total. The van der Waals surface area contributed by atoms with Crippen molar-refractivity contribution in [1.29, 1.82) is 0 Å². The molecule has 2 rings (SSSR count). The van der Waals surface area contributed by atoms with Crippen LogP contribution in [0.5, 0.6) is 0 Å². The quantitative estimate of drug-likeness (QED) is 0.811. The molecule has 88 valence electrons. The third-order valence-electron chi connectivity index (χ3n) is 2.68. The van der Waals surface area contributed by atoms with Gasteiger partial charge in [-0.15, -0.1) is 0 Å². The summed E-state index contributed by atoms with van der Waals surface area (Å²) in [5.74, 6) is 0.121. The topological polar surface area (TPSA) is 46.1 Å². The van der Waals surface area contributed by atoms with Gasteiger partial charge in [-0.3, -0.25) is 14.8 Å². The summed E-state index contributed by atoms with van der Waals surface area (Å²) in [4.78, 5) is 21.9. The molecular weight excluding hydrogens is 214 g/mol. The summed E-state index contributed by atoms with van der Waals surface area (Å²) in [5, 5.41) is 0. The molecule has 0 atom stereocenters. The second-order valence-corrected chi connectivity index (χ2v) is 3.93. The van der Waals surface area contributed by atoms with Gasteiger partial charge < -0.3 is 4.90 Å². The standard InChI is InChI=1S/C13H15N3O/c1-3-4-13(17)16(2)10-5-6-11-12(9-10)15-8-7-14-11/h5-9H,3-4H2,1-2H3. The van der Waals surface area contributed by atoms with E-state index in [1.807, 2.05) is 25.1 Å². The van der Waals surface area contributed by atoms with Crippen molar-refractivity contribution in [2.75, 3.05) is 11.9 Å². The molecule has 0 saturated carbocycles. The Labute approximate surface area is 100 Å². The molecule has 0 fully saturated rings. The second-order valence-electron chi connectivity index (χ2n) is 3.93. The van der Waals surface area contributed by atoms with Crippen molar-refractivity contribution in [3.05, 3.63) is 30.6 Å². The van der Waals surface area contributed by atoms with Gasteiger partial charge in [-0.25, -0.2) is 0 Å². The Morgan fingerprint density at radius 1 is 1.24 bits per heavy atom. The number of nitrogens with zero attached hydrogens (tertiary/aromatic N) is 3. The smallest absolute Gasteiger partial charge is 0.226 e. The van der Waals surface area contributed by atoms with Crippen molar-refractivity contribution in [3.63, 3.8) is 0 Å². The summed E-state index contributed by atoms with van der Waals surface area (Å²) in [6.45, 7) is 2.00. The van der Waals surface area contributed by atoms with Crippen LogP contribution in [0.25, 0.3) is 11.0 Å². The average Bonchev–Trinajstić information content (AvgIpc) is 2.37. The molecule has 0 aliphatic carbocycles. The van der Waals surface area contributed by atoms with E-state index < -0.39 is 0 Å². The lowest BCUT2D eigenvalue weighted by Crippen LogP contribution is -2.25. The van der Waals surface area contributed by atoms with E-state index in [4.69, 9.17) is 0 Å². The molecule has 0 radical (unpaired) electrons. The Morgan fingerprint density at radius 2 is 1.94 bits per heavy atom. The first-order valence-corrected chi connectivity index (χ1v) is 5.69. The molecule has 2 aromatic rings. The summed E-state index contributed by atoms with van der Waals surface area (Å²) >= 11 is 0. The van der Waals surface area contributed by atoms with E-state index in [0.29, 0.717) is 6.42 Å².